The SMILES string of the molecule is COC1CCCC1NC(=O)C(F)(F)F. The van der Waals surface area contributed by atoms with Crippen molar-refractivity contribution >= 4 is 5.91 Å². The van der Waals surface area contributed by atoms with Crippen LogP contribution in [0.2, 0.25) is 0 Å². The second-order valence-electron chi connectivity index (χ2n) is 3.28. The average molecular weight is 211 g/mol. The molecule has 1 saturated carbocycles. The summed E-state index contributed by atoms with van der Waals surface area (Å²) >= 11 is 0. The first-order chi connectivity index (χ1) is 6.45. The highest BCUT2D eigenvalue weighted by atomic mass is 19.4. The normalized spacial score (nSPS) is 27.7. The Morgan fingerprint density at radius 2 is 2.07 bits per heavy atom. The number of hydrogen-bond acceptors (Lipinski definition) is 2. The maximum Gasteiger partial charge on any atom is 0.471 e. The molecule has 0 saturated heterocycles. The Balaban J connectivity index is 2.48. The first-order valence-corrected chi connectivity index (χ1v) is 4.35. The minimum atomic E-state index is -4.80. The van der Waals surface area contributed by atoms with Gasteiger partial charge in [-0.25, -0.2) is 0 Å². The maximum atomic E-state index is 11.9. The van der Waals surface area contributed by atoms with Crippen molar-refractivity contribution in [3.05, 3.63) is 0 Å². The zero-order valence-corrected chi connectivity index (χ0v) is 7.73. The van der Waals surface area contributed by atoms with Crippen molar-refractivity contribution in [2.24, 2.45) is 0 Å². The molecule has 2 atom stereocenters. The summed E-state index contributed by atoms with van der Waals surface area (Å²) in [4.78, 5) is 10.6. The van der Waals surface area contributed by atoms with Gasteiger partial charge in [0.25, 0.3) is 0 Å². The Labute approximate surface area is 79.6 Å². The van der Waals surface area contributed by atoms with Gasteiger partial charge in [-0.1, -0.05) is 0 Å². The molecule has 1 fully saturated rings. The van der Waals surface area contributed by atoms with E-state index in [9.17, 15) is 18.0 Å². The Morgan fingerprint density at radius 1 is 1.43 bits per heavy atom. The lowest BCUT2D eigenvalue weighted by molar-refractivity contribution is -0.175. The molecule has 6 heteroatoms. The molecule has 0 spiro atoms. The van der Waals surface area contributed by atoms with E-state index < -0.39 is 18.1 Å². The van der Waals surface area contributed by atoms with Crippen LogP contribution in [0.25, 0.3) is 0 Å². The summed E-state index contributed by atoms with van der Waals surface area (Å²) in [5.41, 5.74) is 0. The van der Waals surface area contributed by atoms with Crippen molar-refractivity contribution in [3.63, 3.8) is 0 Å². The average Bonchev–Trinajstić information content (AvgIpc) is 2.50. The molecule has 1 N–H and O–H groups in total. The van der Waals surface area contributed by atoms with E-state index in [-0.39, 0.29) is 6.10 Å². The lowest BCUT2D eigenvalue weighted by atomic mass is 10.2. The van der Waals surface area contributed by atoms with Crippen LogP contribution in [-0.4, -0.2) is 31.3 Å². The van der Waals surface area contributed by atoms with E-state index in [1.807, 2.05) is 5.32 Å². The van der Waals surface area contributed by atoms with Gasteiger partial charge in [-0.3, -0.25) is 4.79 Å². The summed E-state index contributed by atoms with van der Waals surface area (Å²) in [7, 11) is 1.43. The van der Waals surface area contributed by atoms with Crippen LogP contribution in [0.3, 0.4) is 0 Å². The van der Waals surface area contributed by atoms with Crippen molar-refractivity contribution in [2.75, 3.05) is 7.11 Å². The summed E-state index contributed by atoms with van der Waals surface area (Å²) in [6.45, 7) is 0. The molecule has 0 heterocycles. The lowest BCUT2D eigenvalue weighted by Crippen LogP contribution is -2.46. The summed E-state index contributed by atoms with van der Waals surface area (Å²) in [5, 5.41) is 1.93. The molecule has 1 rings (SSSR count). The largest absolute Gasteiger partial charge is 0.471 e. The van der Waals surface area contributed by atoms with Gasteiger partial charge in [-0.05, 0) is 19.3 Å². The third kappa shape index (κ3) is 2.60. The van der Waals surface area contributed by atoms with Gasteiger partial charge < -0.3 is 10.1 Å². The summed E-state index contributed by atoms with van der Waals surface area (Å²) in [6, 6.07) is -0.505. The second kappa shape index (κ2) is 4.16. The van der Waals surface area contributed by atoms with Crippen molar-refractivity contribution in [2.45, 2.75) is 37.6 Å². The predicted molar refractivity (Wildman–Crippen MR) is 42.6 cm³/mol. The van der Waals surface area contributed by atoms with Gasteiger partial charge in [0.2, 0.25) is 0 Å². The van der Waals surface area contributed by atoms with Gasteiger partial charge in [0.05, 0.1) is 12.1 Å². The number of ether oxygens (including phenoxy) is 1. The van der Waals surface area contributed by atoms with E-state index in [1.165, 1.54) is 7.11 Å². The maximum absolute atomic E-state index is 11.9. The molecule has 0 aliphatic heterocycles. The van der Waals surface area contributed by atoms with Crippen LogP contribution in [0.15, 0.2) is 0 Å². The first-order valence-electron chi connectivity index (χ1n) is 4.35. The predicted octanol–water partition coefficient (Wildman–Crippen LogP) is 1.23. The third-order valence-electron chi connectivity index (χ3n) is 2.33. The first kappa shape index (κ1) is 11.3. The molecule has 0 aromatic carbocycles. The van der Waals surface area contributed by atoms with Crippen LogP contribution in [0.1, 0.15) is 19.3 Å². The monoisotopic (exact) mass is 211 g/mol. The Morgan fingerprint density at radius 3 is 2.57 bits per heavy atom. The molecule has 1 amide bonds. The summed E-state index contributed by atoms with van der Waals surface area (Å²) in [6.07, 6.45) is -3.08. The highest BCUT2D eigenvalue weighted by molar-refractivity contribution is 5.82. The highest BCUT2D eigenvalue weighted by Gasteiger charge is 2.41. The smallest absolute Gasteiger partial charge is 0.379 e. The second-order valence-corrected chi connectivity index (χ2v) is 3.28. The number of carbonyl (C=O) groups is 1. The Bertz CT molecular complexity index is 217. The van der Waals surface area contributed by atoms with E-state index in [4.69, 9.17) is 4.74 Å². The quantitative estimate of drug-likeness (QED) is 0.746. The minimum absolute atomic E-state index is 0.290. The molecule has 3 nitrogen and oxygen atoms in total. The van der Waals surface area contributed by atoms with E-state index in [0.29, 0.717) is 12.8 Å². The van der Waals surface area contributed by atoms with E-state index in [2.05, 4.69) is 0 Å². The van der Waals surface area contributed by atoms with Crippen molar-refractivity contribution in [3.8, 4) is 0 Å². The topological polar surface area (TPSA) is 38.3 Å². The van der Waals surface area contributed by atoms with Gasteiger partial charge in [0.1, 0.15) is 0 Å². The van der Waals surface area contributed by atoms with Crippen LogP contribution in [0.4, 0.5) is 13.2 Å². The van der Waals surface area contributed by atoms with Crippen LogP contribution in [0.5, 0.6) is 0 Å². The number of hydrogen-bond donors (Lipinski definition) is 1. The molecule has 1 aliphatic carbocycles. The number of methoxy groups -OCH3 is 1. The zero-order valence-electron chi connectivity index (χ0n) is 7.73. The van der Waals surface area contributed by atoms with Gasteiger partial charge in [0.15, 0.2) is 0 Å². The molecule has 1 aliphatic rings. The molecule has 14 heavy (non-hydrogen) atoms. The molecule has 0 aromatic rings. The molecular formula is C8H12F3NO2. The Kier molecular flexibility index (Phi) is 3.36. The van der Waals surface area contributed by atoms with Crippen molar-refractivity contribution < 1.29 is 22.7 Å². The number of carbonyl (C=O) groups excluding carboxylic acids is 1. The standard InChI is InChI=1S/C8H12F3NO2/c1-14-6-4-2-3-5(6)12-7(13)8(9,10)11/h5-6H,2-4H2,1H3,(H,12,13). The molecule has 82 valence electrons. The Hall–Kier alpha value is -0.780. The van der Waals surface area contributed by atoms with Gasteiger partial charge in [-0.2, -0.15) is 13.2 Å². The number of nitrogens with one attached hydrogen (secondary N) is 1. The van der Waals surface area contributed by atoms with Crippen LogP contribution >= 0.6 is 0 Å². The fourth-order valence-electron chi connectivity index (χ4n) is 1.62. The van der Waals surface area contributed by atoms with Gasteiger partial charge in [-0.15, -0.1) is 0 Å². The van der Waals surface area contributed by atoms with Crippen LogP contribution in [-0.2, 0) is 9.53 Å². The summed E-state index contributed by atoms with van der Waals surface area (Å²) < 4.78 is 40.6. The zero-order chi connectivity index (χ0) is 10.8. The van der Waals surface area contributed by atoms with E-state index in [0.717, 1.165) is 6.42 Å². The van der Waals surface area contributed by atoms with Crippen LogP contribution in [0, 0.1) is 0 Å². The van der Waals surface area contributed by atoms with Crippen molar-refractivity contribution in [1.82, 2.24) is 5.32 Å². The van der Waals surface area contributed by atoms with Gasteiger partial charge >= 0.3 is 12.1 Å². The molecule has 0 radical (unpaired) electrons. The van der Waals surface area contributed by atoms with E-state index in [1.54, 1.807) is 0 Å². The van der Waals surface area contributed by atoms with Crippen molar-refractivity contribution in [1.29, 1.82) is 0 Å². The molecule has 0 bridgehead atoms. The summed E-state index contributed by atoms with van der Waals surface area (Å²) in [5.74, 6) is -1.88. The van der Waals surface area contributed by atoms with E-state index >= 15 is 0 Å². The minimum Gasteiger partial charge on any atom is -0.379 e. The lowest BCUT2D eigenvalue weighted by Gasteiger charge is -2.20. The van der Waals surface area contributed by atoms with Crippen LogP contribution < -0.4 is 5.32 Å². The molecule has 0 aromatic heterocycles. The molecule has 2 unspecified atom stereocenters. The number of alkyl halides is 3. The third-order valence-corrected chi connectivity index (χ3v) is 2.33. The number of rotatable bonds is 2. The van der Waals surface area contributed by atoms with Gasteiger partial charge in [0, 0.05) is 7.11 Å². The number of amides is 1. The highest BCUT2D eigenvalue weighted by Crippen LogP contribution is 2.23. The fourth-order valence-corrected chi connectivity index (χ4v) is 1.62. The fraction of sp³-hybridized carbons (Fsp3) is 0.875. The number of halogens is 3. The molecular weight excluding hydrogens is 199 g/mol.